The molecule has 4 nitrogen and oxygen atoms in total. The van der Waals surface area contributed by atoms with Crippen molar-refractivity contribution in [3.63, 3.8) is 0 Å². The van der Waals surface area contributed by atoms with E-state index in [1.54, 1.807) is 0 Å². The first-order valence-corrected chi connectivity index (χ1v) is 7.39. The number of nitrogens with one attached hydrogen (secondary N) is 1. The van der Waals surface area contributed by atoms with Gasteiger partial charge in [-0.3, -0.25) is 4.90 Å². The maximum absolute atomic E-state index is 6.16. The first kappa shape index (κ1) is 13.9. The van der Waals surface area contributed by atoms with E-state index in [9.17, 15) is 0 Å². The summed E-state index contributed by atoms with van der Waals surface area (Å²) >= 11 is 6.16. The molecule has 2 aromatic rings. The van der Waals surface area contributed by atoms with Crippen LogP contribution in [0.15, 0.2) is 28.7 Å². The van der Waals surface area contributed by atoms with Gasteiger partial charge in [0.05, 0.1) is 13.2 Å². The molecule has 0 radical (unpaired) electrons. The number of hydrogen-bond donors (Lipinski definition) is 1. The SMILES string of the molecule is Clc1oc2ccccc2c1CNCCN1CCOCC1. The Labute approximate surface area is 123 Å². The lowest BCUT2D eigenvalue weighted by Crippen LogP contribution is -2.40. The number of hydrogen-bond acceptors (Lipinski definition) is 4. The summed E-state index contributed by atoms with van der Waals surface area (Å²) in [7, 11) is 0. The molecule has 1 fully saturated rings. The second-order valence-corrected chi connectivity index (χ2v) is 5.32. The molecule has 0 aliphatic carbocycles. The molecule has 3 rings (SSSR count). The number of furan rings is 1. The van der Waals surface area contributed by atoms with Gasteiger partial charge in [0.1, 0.15) is 5.58 Å². The van der Waals surface area contributed by atoms with Crippen LogP contribution in [0.3, 0.4) is 0 Å². The Balaban J connectivity index is 1.53. The maximum atomic E-state index is 6.16. The van der Waals surface area contributed by atoms with E-state index in [0.29, 0.717) is 5.22 Å². The Bertz CT molecular complexity index is 564. The van der Waals surface area contributed by atoms with Crippen molar-refractivity contribution < 1.29 is 9.15 Å². The summed E-state index contributed by atoms with van der Waals surface area (Å²) in [6.45, 7) is 6.46. The minimum absolute atomic E-state index is 0.491. The van der Waals surface area contributed by atoms with Crippen LogP contribution in [0.5, 0.6) is 0 Å². The Hall–Kier alpha value is -1.07. The predicted molar refractivity (Wildman–Crippen MR) is 80.2 cm³/mol. The van der Waals surface area contributed by atoms with E-state index in [1.165, 1.54) is 0 Å². The predicted octanol–water partition coefficient (Wildman–Crippen LogP) is 2.51. The van der Waals surface area contributed by atoms with Crippen LogP contribution in [-0.2, 0) is 11.3 Å². The summed E-state index contributed by atoms with van der Waals surface area (Å²) in [4.78, 5) is 2.41. The minimum Gasteiger partial charge on any atom is -0.444 e. The Kier molecular flexibility index (Phi) is 4.58. The van der Waals surface area contributed by atoms with Gasteiger partial charge in [0, 0.05) is 43.7 Å². The Morgan fingerprint density at radius 3 is 2.85 bits per heavy atom. The highest BCUT2D eigenvalue weighted by Crippen LogP contribution is 2.29. The van der Waals surface area contributed by atoms with Crippen molar-refractivity contribution in [1.29, 1.82) is 0 Å². The molecule has 108 valence electrons. The molecule has 0 spiro atoms. The van der Waals surface area contributed by atoms with Gasteiger partial charge in [0.15, 0.2) is 5.22 Å². The van der Waals surface area contributed by atoms with Crippen molar-refractivity contribution in [2.24, 2.45) is 0 Å². The molecule has 1 N–H and O–H groups in total. The van der Waals surface area contributed by atoms with Crippen LogP contribution in [0.1, 0.15) is 5.56 Å². The molecular formula is C15H19ClN2O2. The Morgan fingerprint density at radius 2 is 2.00 bits per heavy atom. The number of benzene rings is 1. The third kappa shape index (κ3) is 3.15. The summed E-state index contributed by atoms with van der Waals surface area (Å²) in [6, 6.07) is 7.95. The zero-order valence-corrected chi connectivity index (χ0v) is 12.2. The molecule has 1 aliphatic rings. The zero-order valence-electron chi connectivity index (χ0n) is 11.4. The van der Waals surface area contributed by atoms with Crippen LogP contribution in [0, 0.1) is 0 Å². The number of fused-ring (bicyclic) bond motifs is 1. The molecule has 0 saturated carbocycles. The lowest BCUT2D eigenvalue weighted by molar-refractivity contribution is 0.0384. The number of halogens is 1. The van der Waals surface area contributed by atoms with Gasteiger partial charge in [-0.1, -0.05) is 18.2 Å². The Morgan fingerprint density at radius 1 is 1.20 bits per heavy atom. The third-order valence-corrected chi connectivity index (χ3v) is 3.96. The molecule has 1 aromatic carbocycles. The van der Waals surface area contributed by atoms with Crippen LogP contribution in [-0.4, -0.2) is 44.3 Å². The summed E-state index contributed by atoms with van der Waals surface area (Å²) in [5, 5.41) is 5.03. The average Bonchev–Trinajstić information content (AvgIpc) is 2.80. The molecule has 0 bridgehead atoms. The fraction of sp³-hybridized carbons (Fsp3) is 0.467. The molecular weight excluding hydrogens is 276 g/mol. The molecule has 2 heterocycles. The highest BCUT2D eigenvalue weighted by atomic mass is 35.5. The highest BCUT2D eigenvalue weighted by molar-refractivity contribution is 6.30. The van der Waals surface area contributed by atoms with E-state index >= 15 is 0 Å². The lowest BCUT2D eigenvalue weighted by atomic mass is 10.2. The van der Waals surface area contributed by atoms with E-state index < -0.39 is 0 Å². The molecule has 1 saturated heterocycles. The van der Waals surface area contributed by atoms with E-state index in [0.717, 1.165) is 62.5 Å². The number of para-hydroxylation sites is 1. The standard InChI is InChI=1S/C15H19ClN2O2/c16-15-13(12-3-1-2-4-14(12)20-15)11-17-5-6-18-7-9-19-10-8-18/h1-4,17H,5-11H2. The van der Waals surface area contributed by atoms with Gasteiger partial charge in [-0.25, -0.2) is 0 Å². The van der Waals surface area contributed by atoms with Crippen LogP contribution >= 0.6 is 11.6 Å². The maximum Gasteiger partial charge on any atom is 0.199 e. The first-order chi connectivity index (χ1) is 9.84. The topological polar surface area (TPSA) is 37.6 Å². The van der Waals surface area contributed by atoms with Crippen molar-refractivity contribution in [2.45, 2.75) is 6.54 Å². The highest BCUT2D eigenvalue weighted by Gasteiger charge is 2.12. The van der Waals surface area contributed by atoms with E-state index in [2.05, 4.69) is 10.2 Å². The van der Waals surface area contributed by atoms with Crippen molar-refractivity contribution in [1.82, 2.24) is 10.2 Å². The van der Waals surface area contributed by atoms with Crippen molar-refractivity contribution in [3.05, 3.63) is 35.0 Å². The summed E-state index contributed by atoms with van der Waals surface area (Å²) in [5.41, 5.74) is 1.90. The quantitative estimate of drug-likeness (QED) is 0.860. The number of rotatable bonds is 5. The van der Waals surface area contributed by atoms with Crippen LogP contribution in [0.4, 0.5) is 0 Å². The van der Waals surface area contributed by atoms with Crippen molar-refractivity contribution >= 4 is 22.6 Å². The van der Waals surface area contributed by atoms with E-state index in [-0.39, 0.29) is 0 Å². The third-order valence-electron chi connectivity index (χ3n) is 3.66. The van der Waals surface area contributed by atoms with Crippen molar-refractivity contribution in [3.8, 4) is 0 Å². The summed E-state index contributed by atoms with van der Waals surface area (Å²) < 4.78 is 10.9. The second-order valence-electron chi connectivity index (χ2n) is 4.98. The molecule has 1 aliphatic heterocycles. The van der Waals surface area contributed by atoms with Gasteiger partial charge in [0.25, 0.3) is 0 Å². The lowest BCUT2D eigenvalue weighted by Gasteiger charge is -2.26. The molecule has 0 unspecified atom stereocenters. The smallest absolute Gasteiger partial charge is 0.199 e. The molecule has 0 atom stereocenters. The van der Waals surface area contributed by atoms with Crippen molar-refractivity contribution in [2.75, 3.05) is 39.4 Å². The van der Waals surface area contributed by atoms with Gasteiger partial charge in [-0.05, 0) is 17.7 Å². The van der Waals surface area contributed by atoms with Gasteiger partial charge in [-0.2, -0.15) is 0 Å². The largest absolute Gasteiger partial charge is 0.444 e. The van der Waals surface area contributed by atoms with Crippen LogP contribution in [0.25, 0.3) is 11.0 Å². The number of ether oxygens (including phenoxy) is 1. The molecule has 5 heteroatoms. The number of nitrogens with zero attached hydrogens (tertiary/aromatic N) is 1. The van der Waals surface area contributed by atoms with Crippen LogP contribution in [0.2, 0.25) is 5.22 Å². The fourth-order valence-corrected chi connectivity index (χ4v) is 2.76. The first-order valence-electron chi connectivity index (χ1n) is 7.01. The van der Waals surface area contributed by atoms with Crippen LogP contribution < -0.4 is 5.32 Å². The fourth-order valence-electron chi connectivity index (χ4n) is 2.51. The van der Waals surface area contributed by atoms with Gasteiger partial charge < -0.3 is 14.5 Å². The minimum atomic E-state index is 0.491. The van der Waals surface area contributed by atoms with Gasteiger partial charge >= 0.3 is 0 Å². The number of morpholine rings is 1. The zero-order chi connectivity index (χ0) is 13.8. The molecule has 1 aromatic heterocycles. The second kappa shape index (κ2) is 6.59. The van der Waals surface area contributed by atoms with E-state index in [4.69, 9.17) is 20.8 Å². The monoisotopic (exact) mass is 294 g/mol. The summed E-state index contributed by atoms with van der Waals surface area (Å²) in [5.74, 6) is 0. The molecule has 20 heavy (non-hydrogen) atoms. The summed E-state index contributed by atoms with van der Waals surface area (Å²) in [6.07, 6.45) is 0. The van der Waals surface area contributed by atoms with Gasteiger partial charge in [-0.15, -0.1) is 0 Å². The average molecular weight is 295 g/mol. The molecule has 0 amide bonds. The van der Waals surface area contributed by atoms with Gasteiger partial charge in [0.2, 0.25) is 0 Å². The normalized spacial score (nSPS) is 16.9. The van der Waals surface area contributed by atoms with E-state index in [1.807, 2.05) is 24.3 Å².